The molecule has 0 aliphatic rings. The number of H-pyrrole nitrogens is 1. The average Bonchev–Trinajstić information content (AvgIpc) is 3.33. The number of hydrogen-bond donors (Lipinski definition) is 2. The van der Waals surface area contributed by atoms with Crippen LogP contribution in [-0.4, -0.2) is 46.3 Å². The first kappa shape index (κ1) is 21.3. The molecule has 0 aliphatic heterocycles. The second-order valence-corrected chi connectivity index (χ2v) is 7.77. The molecule has 0 radical (unpaired) electrons. The molecule has 6 nitrogen and oxygen atoms in total. The Labute approximate surface area is 187 Å². The second kappa shape index (κ2) is 9.92. The van der Waals surface area contributed by atoms with Gasteiger partial charge in [0.05, 0.1) is 11.1 Å². The summed E-state index contributed by atoms with van der Waals surface area (Å²) in [7, 11) is 1.83. The number of rotatable bonds is 8. The summed E-state index contributed by atoms with van der Waals surface area (Å²) in [5.41, 5.74) is 3.01. The Bertz CT molecular complexity index is 1190. The molecule has 0 fully saturated rings. The minimum absolute atomic E-state index is 0.0463. The van der Waals surface area contributed by atoms with E-state index in [-0.39, 0.29) is 17.9 Å². The Balaban J connectivity index is 1.50. The fourth-order valence-electron chi connectivity index (χ4n) is 3.88. The fourth-order valence-corrected chi connectivity index (χ4v) is 3.88. The minimum atomic E-state index is -0.214. The van der Waals surface area contributed by atoms with E-state index in [0.717, 1.165) is 16.5 Å². The van der Waals surface area contributed by atoms with Gasteiger partial charge in [0.1, 0.15) is 5.69 Å². The van der Waals surface area contributed by atoms with Crippen molar-refractivity contribution in [2.45, 2.75) is 18.9 Å². The molecule has 32 heavy (non-hydrogen) atoms. The summed E-state index contributed by atoms with van der Waals surface area (Å²) in [5, 5.41) is 3.93. The third kappa shape index (κ3) is 4.86. The summed E-state index contributed by atoms with van der Waals surface area (Å²) in [4.78, 5) is 34.8. The molecule has 0 aliphatic carbocycles. The zero-order valence-electron chi connectivity index (χ0n) is 18.0. The van der Waals surface area contributed by atoms with Crippen molar-refractivity contribution in [1.82, 2.24) is 20.2 Å². The summed E-state index contributed by atoms with van der Waals surface area (Å²) in [6.45, 7) is 0.442. The van der Waals surface area contributed by atoms with Crippen molar-refractivity contribution in [1.29, 1.82) is 0 Å². The van der Waals surface area contributed by atoms with Gasteiger partial charge in [0, 0.05) is 37.4 Å². The first-order chi connectivity index (χ1) is 15.6. The van der Waals surface area contributed by atoms with Crippen molar-refractivity contribution in [3.8, 4) is 0 Å². The van der Waals surface area contributed by atoms with E-state index in [2.05, 4.69) is 27.4 Å². The van der Waals surface area contributed by atoms with Crippen molar-refractivity contribution < 1.29 is 9.59 Å². The van der Waals surface area contributed by atoms with E-state index in [9.17, 15) is 9.59 Å². The Morgan fingerprint density at radius 3 is 2.59 bits per heavy atom. The molecular formula is C26H26N4O2. The van der Waals surface area contributed by atoms with Crippen LogP contribution in [0.25, 0.3) is 10.9 Å². The number of amides is 2. The van der Waals surface area contributed by atoms with E-state index in [1.807, 2.05) is 55.7 Å². The molecule has 1 atom stereocenters. The summed E-state index contributed by atoms with van der Waals surface area (Å²) in [6, 6.07) is 22.9. The lowest BCUT2D eigenvalue weighted by Gasteiger charge is -2.29. The molecule has 0 spiro atoms. The number of fused-ring (bicyclic) bond motifs is 1. The molecule has 2 heterocycles. The van der Waals surface area contributed by atoms with E-state index in [0.29, 0.717) is 30.6 Å². The van der Waals surface area contributed by atoms with E-state index >= 15 is 0 Å². The fraction of sp³-hybridized carbons (Fsp3) is 0.192. The predicted molar refractivity (Wildman–Crippen MR) is 126 cm³/mol. The molecule has 0 saturated carbocycles. The highest BCUT2D eigenvalue weighted by Gasteiger charge is 2.23. The lowest BCUT2D eigenvalue weighted by molar-refractivity contribution is 0.0724. The number of nitrogens with zero attached hydrogens (tertiary/aromatic N) is 2. The van der Waals surface area contributed by atoms with Crippen molar-refractivity contribution in [2.75, 3.05) is 13.6 Å². The van der Waals surface area contributed by atoms with E-state index < -0.39 is 0 Å². The van der Waals surface area contributed by atoms with Gasteiger partial charge in [-0.05, 0) is 42.7 Å². The Morgan fingerprint density at radius 2 is 1.81 bits per heavy atom. The number of carbonyl (C=O) groups is 2. The smallest absolute Gasteiger partial charge is 0.269 e. The maximum absolute atomic E-state index is 13.4. The average molecular weight is 427 g/mol. The number of para-hydroxylation sites is 1. The van der Waals surface area contributed by atoms with Crippen LogP contribution in [0.5, 0.6) is 0 Å². The summed E-state index contributed by atoms with van der Waals surface area (Å²) >= 11 is 0. The largest absolute Gasteiger partial charge is 0.361 e. The highest BCUT2D eigenvalue weighted by Crippen LogP contribution is 2.21. The lowest BCUT2D eigenvalue weighted by atomic mass is 10.0. The SMILES string of the molecule is CN(C(=O)c1cccc2cc[nH]c12)C(CCNC(=O)c1ccccn1)Cc1ccccc1. The van der Waals surface area contributed by atoms with Gasteiger partial charge in [0.15, 0.2) is 0 Å². The monoisotopic (exact) mass is 426 g/mol. The maximum atomic E-state index is 13.4. The van der Waals surface area contributed by atoms with Crippen molar-refractivity contribution in [2.24, 2.45) is 0 Å². The first-order valence-corrected chi connectivity index (χ1v) is 10.7. The predicted octanol–water partition coefficient (Wildman–Crippen LogP) is 4.07. The van der Waals surface area contributed by atoms with Crippen molar-refractivity contribution >= 4 is 22.7 Å². The van der Waals surface area contributed by atoms with E-state index in [4.69, 9.17) is 0 Å². The maximum Gasteiger partial charge on any atom is 0.269 e. The highest BCUT2D eigenvalue weighted by molar-refractivity contribution is 6.05. The number of aromatic nitrogens is 2. The van der Waals surface area contributed by atoms with Gasteiger partial charge in [0.2, 0.25) is 0 Å². The van der Waals surface area contributed by atoms with Gasteiger partial charge in [-0.2, -0.15) is 0 Å². The molecule has 0 bridgehead atoms. The number of nitrogens with one attached hydrogen (secondary N) is 2. The number of benzene rings is 2. The third-order valence-electron chi connectivity index (χ3n) is 5.66. The zero-order valence-corrected chi connectivity index (χ0v) is 18.0. The number of hydrogen-bond acceptors (Lipinski definition) is 3. The van der Waals surface area contributed by atoms with Crippen LogP contribution in [-0.2, 0) is 6.42 Å². The topological polar surface area (TPSA) is 78.1 Å². The van der Waals surface area contributed by atoms with E-state index in [1.54, 1.807) is 29.3 Å². The summed E-state index contributed by atoms with van der Waals surface area (Å²) in [6.07, 6.45) is 4.76. The van der Waals surface area contributed by atoms with Crippen LogP contribution >= 0.6 is 0 Å². The standard InChI is InChI=1S/C26H26N4O2/c1-30(26(32)22-11-7-10-20-13-16-28-24(20)22)21(18-19-8-3-2-4-9-19)14-17-29-25(31)23-12-5-6-15-27-23/h2-13,15-16,21,28H,14,17-18H2,1H3,(H,29,31). The van der Waals surface area contributed by atoms with Gasteiger partial charge in [0.25, 0.3) is 11.8 Å². The highest BCUT2D eigenvalue weighted by atomic mass is 16.2. The zero-order chi connectivity index (χ0) is 22.3. The number of aromatic amines is 1. The number of pyridine rings is 1. The number of likely N-dealkylation sites (N-methyl/N-ethyl adjacent to an activating group) is 1. The van der Waals surface area contributed by atoms with E-state index in [1.165, 1.54) is 0 Å². The summed E-state index contributed by atoms with van der Waals surface area (Å²) < 4.78 is 0. The molecule has 4 rings (SSSR count). The van der Waals surface area contributed by atoms with Crippen LogP contribution in [0.2, 0.25) is 0 Å². The Kier molecular flexibility index (Phi) is 6.60. The van der Waals surface area contributed by atoms with Gasteiger partial charge in [-0.3, -0.25) is 14.6 Å². The molecule has 2 aromatic heterocycles. The van der Waals surface area contributed by atoms with Gasteiger partial charge >= 0.3 is 0 Å². The van der Waals surface area contributed by atoms with Crippen LogP contribution < -0.4 is 5.32 Å². The molecule has 4 aromatic rings. The first-order valence-electron chi connectivity index (χ1n) is 10.7. The molecular weight excluding hydrogens is 400 g/mol. The quantitative estimate of drug-likeness (QED) is 0.446. The van der Waals surface area contributed by atoms with Crippen LogP contribution in [0.4, 0.5) is 0 Å². The van der Waals surface area contributed by atoms with Crippen LogP contribution in [0, 0.1) is 0 Å². The molecule has 2 N–H and O–H groups in total. The minimum Gasteiger partial charge on any atom is -0.361 e. The molecule has 0 saturated heterocycles. The van der Waals surface area contributed by atoms with Gasteiger partial charge in [-0.25, -0.2) is 0 Å². The molecule has 1 unspecified atom stereocenters. The Hall–Kier alpha value is -3.93. The molecule has 2 aromatic carbocycles. The van der Waals surface area contributed by atoms with Crippen molar-refractivity contribution in [3.63, 3.8) is 0 Å². The molecule has 2 amide bonds. The summed E-state index contributed by atoms with van der Waals surface area (Å²) in [5.74, 6) is -0.260. The van der Waals surface area contributed by atoms with Crippen molar-refractivity contribution in [3.05, 3.63) is 102 Å². The number of carbonyl (C=O) groups excluding carboxylic acids is 2. The normalized spacial score (nSPS) is 11.8. The second-order valence-electron chi connectivity index (χ2n) is 7.77. The van der Waals surface area contributed by atoms with Crippen LogP contribution in [0.1, 0.15) is 32.8 Å². The van der Waals surface area contributed by atoms with Gasteiger partial charge in [-0.15, -0.1) is 0 Å². The van der Waals surface area contributed by atoms with Gasteiger partial charge in [-0.1, -0.05) is 48.5 Å². The lowest BCUT2D eigenvalue weighted by Crippen LogP contribution is -2.41. The molecule has 6 heteroatoms. The third-order valence-corrected chi connectivity index (χ3v) is 5.66. The Morgan fingerprint density at radius 1 is 1.00 bits per heavy atom. The molecule has 162 valence electrons. The van der Waals surface area contributed by atoms with Gasteiger partial charge < -0.3 is 15.2 Å². The van der Waals surface area contributed by atoms with Crippen LogP contribution in [0.15, 0.2) is 85.2 Å². The van der Waals surface area contributed by atoms with Crippen LogP contribution in [0.3, 0.4) is 0 Å².